The van der Waals surface area contributed by atoms with Crippen LogP contribution in [0, 0.1) is 6.92 Å². The standard InChI is InChI=1S/C16H16BrClO3/c1-10-5-13(17)6-11(8-19)16(10)21-9-12-7-14(18)3-4-15(12)20-2/h3-7,19H,8-9H2,1-2H3. The van der Waals surface area contributed by atoms with E-state index in [-0.39, 0.29) is 6.61 Å². The van der Waals surface area contributed by atoms with Gasteiger partial charge in [-0.05, 0) is 42.8 Å². The van der Waals surface area contributed by atoms with E-state index in [9.17, 15) is 5.11 Å². The lowest BCUT2D eigenvalue weighted by Gasteiger charge is -2.15. The second kappa shape index (κ2) is 7.16. The molecule has 0 saturated carbocycles. The number of aryl methyl sites for hydroxylation is 1. The number of rotatable bonds is 5. The zero-order valence-electron chi connectivity index (χ0n) is 11.8. The third-order valence-electron chi connectivity index (χ3n) is 3.10. The largest absolute Gasteiger partial charge is 0.496 e. The lowest BCUT2D eigenvalue weighted by atomic mass is 10.1. The Hall–Kier alpha value is -1.23. The van der Waals surface area contributed by atoms with Crippen molar-refractivity contribution in [3.63, 3.8) is 0 Å². The number of aliphatic hydroxyl groups is 1. The van der Waals surface area contributed by atoms with E-state index in [0.717, 1.165) is 26.9 Å². The molecule has 3 nitrogen and oxygen atoms in total. The maximum atomic E-state index is 9.46. The van der Waals surface area contributed by atoms with E-state index in [0.29, 0.717) is 17.4 Å². The maximum Gasteiger partial charge on any atom is 0.128 e. The van der Waals surface area contributed by atoms with E-state index in [1.807, 2.05) is 31.2 Å². The van der Waals surface area contributed by atoms with E-state index in [1.165, 1.54) is 0 Å². The zero-order valence-corrected chi connectivity index (χ0v) is 14.2. The number of hydrogen-bond donors (Lipinski definition) is 1. The second-order valence-corrected chi connectivity index (χ2v) is 5.97. The smallest absolute Gasteiger partial charge is 0.128 e. The molecule has 1 N–H and O–H groups in total. The summed E-state index contributed by atoms with van der Waals surface area (Å²) in [5.41, 5.74) is 2.55. The molecular formula is C16H16BrClO3. The van der Waals surface area contributed by atoms with E-state index >= 15 is 0 Å². The molecule has 0 aromatic heterocycles. The van der Waals surface area contributed by atoms with Gasteiger partial charge in [0.05, 0.1) is 13.7 Å². The predicted octanol–water partition coefficient (Wildman–Crippen LogP) is 4.49. The Morgan fingerprint density at radius 1 is 1.19 bits per heavy atom. The number of aliphatic hydroxyl groups excluding tert-OH is 1. The molecule has 0 aliphatic rings. The fraction of sp³-hybridized carbons (Fsp3) is 0.250. The first-order valence-electron chi connectivity index (χ1n) is 6.40. The Labute approximate surface area is 137 Å². The van der Waals surface area contributed by atoms with Crippen molar-refractivity contribution in [3.05, 3.63) is 56.5 Å². The molecule has 5 heteroatoms. The number of ether oxygens (including phenoxy) is 2. The number of benzene rings is 2. The summed E-state index contributed by atoms with van der Waals surface area (Å²) >= 11 is 9.42. The third-order valence-corrected chi connectivity index (χ3v) is 3.79. The van der Waals surface area contributed by atoms with E-state index in [2.05, 4.69) is 15.9 Å². The van der Waals surface area contributed by atoms with Gasteiger partial charge in [-0.2, -0.15) is 0 Å². The summed E-state index contributed by atoms with van der Waals surface area (Å²) in [5, 5.41) is 10.1. The molecule has 2 aromatic rings. The molecule has 21 heavy (non-hydrogen) atoms. The van der Waals surface area contributed by atoms with Crippen molar-refractivity contribution < 1.29 is 14.6 Å². The Bertz CT molecular complexity index is 644. The predicted molar refractivity (Wildman–Crippen MR) is 87.1 cm³/mol. The van der Waals surface area contributed by atoms with Gasteiger partial charge in [0, 0.05) is 20.6 Å². The molecule has 0 spiro atoms. The van der Waals surface area contributed by atoms with Gasteiger partial charge < -0.3 is 14.6 Å². The second-order valence-electron chi connectivity index (χ2n) is 4.61. The Kier molecular flexibility index (Phi) is 5.51. The van der Waals surface area contributed by atoms with Gasteiger partial charge in [-0.3, -0.25) is 0 Å². The van der Waals surface area contributed by atoms with Crippen molar-refractivity contribution in [2.24, 2.45) is 0 Å². The van der Waals surface area contributed by atoms with Gasteiger partial charge in [0.1, 0.15) is 18.1 Å². The summed E-state index contributed by atoms with van der Waals surface area (Å²) in [6.07, 6.45) is 0. The summed E-state index contributed by atoms with van der Waals surface area (Å²) in [6.45, 7) is 2.18. The van der Waals surface area contributed by atoms with Crippen molar-refractivity contribution in [1.29, 1.82) is 0 Å². The van der Waals surface area contributed by atoms with Gasteiger partial charge in [-0.25, -0.2) is 0 Å². The number of hydrogen-bond acceptors (Lipinski definition) is 3. The van der Waals surface area contributed by atoms with E-state index < -0.39 is 0 Å². The van der Waals surface area contributed by atoms with Crippen LogP contribution in [0.5, 0.6) is 11.5 Å². The monoisotopic (exact) mass is 370 g/mol. The van der Waals surface area contributed by atoms with Gasteiger partial charge in [0.25, 0.3) is 0 Å². The van der Waals surface area contributed by atoms with E-state index in [4.69, 9.17) is 21.1 Å². The highest BCUT2D eigenvalue weighted by molar-refractivity contribution is 9.10. The highest BCUT2D eigenvalue weighted by atomic mass is 79.9. The minimum atomic E-state index is -0.0811. The average Bonchev–Trinajstić information content (AvgIpc) is 2.45. The van der Waals surface area contributed by atoms with Crippen LogP contribution in [0.2, 0.25) is 5.02 Å². The topological polar surface area (TPSA) is 38.7 Å². The van der Waals surface area contributed by atoms with Crippen LogP contribution in [-0.2, 0) is 13.2 Å². The van der Waals surface area contributed by atoms with Gasteiger partial charge in [0.2, 0.25) is 0 Å². The lowest BCUT2D eigenvalue weighted by molar-refractivity contribution is 0.255. The fourth-order valence-corrected chi connectivity index (χ4v) is 2.95. The van der Waals surface area contributed by atoms with Crippen LogP contribution >= 0.6 is 27.5 Å². The molecule has 0 fully saturated rings. The van der Waals surface area contributed by atoms with Crippen molar-refractivity contribution in [2.45, 2.75) is 20.1 Å². The first kappa shape index (κ1) is 16.1. The molecule has 0 radical (unpaired) electrons. The molecule has 0 unspecified atom stereocenters. The number of methoxy groups -OCH3 is 1. The van der Waals surface area contributed by atoms with Crippen LogP contribution in [0.15, 0.2) is 34.8 Å². The molecule has 0 atom stereocenters. The van der Waals surface area contributed by atoms with Crippen LogP contribution < -0.4 is 9.47 Å². The van der Waals surface area contributed by atoms with Crippen LogP contribution in [0.4, 0.5) is 0 Å². The molecular weight excluding hydrogens is 356 g/mol. The van der Waals surface area contributed by atoms with Crippen LogP contribution in [0.25, 0.3) is 0 Å². The average molecular weight is 372 g/mol. The van der Waals surface area contributed by atoms with Gasteiger partial charge in [-0.15, -0.1) is 0 Å². The molecule has 0 heterocycles. The first-order valence-corrected chi connectivity index (χ1v) is 7.57. The van der Waals surface area contributed by atoms with Crippen molar-refractivity contribution >= 4 is 27.5 Å². The molecule has 0 bridgehead atoms. The maximum absolute atomic E-state index is 9.46. The van der Waals surface area contributed by atoms with Crippen molar-refractivity contribution in [3.8, 4) is 11.5 Å². The first-order chi connectivity index (χ1) is 10.0. The zero-order chi connectivity index (χ0) is 15.4. The summed E-state index contributed by atoms with van der Waals surface area (Å²) in [7, 11) is 1.61. The van der Waals surface area contributed by atoms with Gasteiger partial charge in [0.15, 0.2) is 0 Å². The fourth-order valence-electron chi connectivity index (χ4n) is 2.13. The summed E-state index contributed by atoms with van der Waals surface area (Å²) in [6, 6.07) is 9.19. The molecule has 0 amide bonds. The Morgan fingerprint density at radius 3 is 2.62 bits per heavy atom. The van der Waals surface area contributed by atoms with Crippen LogP contribution in [0.1, 0.15) is 16.7 Å². The minimum Gasteiger partial charge on any atom is -0.496 e. The Balaban J connectivity index is 2.26. The van der Waals surface area contributed by atoms with Gasteiger partial charge >= 0.3 is 0 Å². The molecule has 2 rings (SSSR count). The third kappa shape index (κ3) is 3.90. The summed E-state index contributed by atoms with van der Waals surface area (Å²) < 4.78 is 12.1. The minimum absolute atomic E-state index is 0.0811. The SMILES string of the molecule is COc1ccc(Cl)cc1COc1c(C)cc(Br)cc1CO. The highest BCUT2D eigenvalue weighted by Crippen LogP contribution is 2.30. The van der Waals surface area contributed by atoms with Crippen molar-refractivity contribution in [1.82, 2.24) is 0 Å². The summed E-state index contributed by atoms with van der Waals surface area (Å²) in [4.78, 5) is 0. The molecule has 0 aliphatic carbocycles. The summed E-state index contributed by atoms with van der Waals surface area (Å²) in [5.74, 6) is 1.41. The molecule has 2 aromatic carbocycles. The quantitative estimate of drug-likeness (QED) is 0.841. The normalized spacial score (nSPS) is 10.5. The number of halogens is 2. The van der Waals surface area contributed by atoms with Gasteiger partial charge in [-0.1, -0.05) is 27.5 Å². The highest BCUT2D eigenvalue weighted by Gasteiger charge is 2.11. The molecule has 0 saturated heterocycles. The van der Waals surface area contributed by atoms with Crippen LogP contribution in [-0.4, -0.2) is 12.2 Å². The molecule has 0 aliphatic heterocycles. The molecule has 112 valence electrons. The Morgan fingerprint density at radius 2 is 1.95 bits per heavy atom. The van der Waals surface area contributed by atoms with E-state index in [1.54, 1.807) is 13.2 Å². The van der Waals surface area contributed by atoms with Crippen LogP contribution in [0.3, 0.4) is 0 Å². The van der Waals surface area contributed by atoms with Crippen molar-refractivity contribution in [2.75, 3.05) is 7.11 Å². The lowest BCUT2D eigenvalue weighted by Crippen LogP contribution is -2.02.